The molecule has 17 rings (SSSR count). The molecule has 37 nitrogen and oxygen atoms in total. The van der Waals surface area contributed by atoms with Gasteiger partial charge < -0.3 is 35.8 Å². The second-order valence-corrected chi connectivity index (χ2v) is 34.5. The van der Waals surface area contributed by atoms with E-state index in [9.17, 15) is 47.9 Å². The number of aromatic nitrogens is 14. The van der Waals surface area contributed by atoms with E-state index in [-0.39, 0.29) is 92.0 Å². The van der Waals surface area contributed by atoms with Crippen LogP contribution in [0.4, 0.5) is 52.6 Å². The highest BCUT2D eigenvalue weighted by molar-refractivity contribution is 6.02. The summed E-state index contributed by atoms with van der Waals surface area (Å²) >= 11 is 0. The van der Waals surface area contributed by atoms with E-state index >= 15 is 0 Å². The number of aliphatic hydroxyl groups excluding tert-OH is 1. The summed E-state index contributed by atoms with van der Waals surface area (Å²) in [5.74, 6) is 1.61. The van der Waals surface area contributed by atoms with Crippen molar-refractivity contribution < 1.29 is 49.1 Å². The lowest BCUT2D eigenvalue weighted by atomic mass is 9.90. The molecule has 11 aromatic rings. The molecule has 0 unspecified atom stereocenters. The van der Waals surface area contributed by atoms with E-state index in [0.717, 1.165) is 178 Å². The van der Waals surface area contributed by atoms with Crippen LogP contribution in [0.15, 0.2) is 125 Å². The number of nitrogens with one attached hydrogen (secondary N) is 5. The zero-order chi connectivity index (χ0) is 92.1. The number of hydrogen-bond donors (Lipinski definition) is 8. The lowest BCUT2D eigenvalue weighted by molar-refractivity contribution is -0.129. The summed E-state index contributed by atoms with van der Waals surface area (Å²) < 4.78 is 5.09. The van der Waals surface area contributed by atoms with Crippen molar-refractivity contribution >= 4 is 127 Å². The first kappa shape index (κ1) is 92.2. The zero-order valence-electron chi connectivity index (χ0n) is 74.5. The molecule has 6 fully saturated rings. The van der Waals surface area contributed by atoms with Crippen LogP contribution in [0.3, 0.4) is 0 Å². The topological polar surface area (TPSA) is 464 Å². The third-order valence-electron chi connectivity index (χ3n) is 25.9. The number of hydroxylamine groups is 2. The van der Waals surface area contributed by atoms with Gasteiger partial charge in [0.25, 0.3) is 22.6 Å². The van der Waals surface area contributed by atoms with Crippen LogP contribution in [-0.4, -0.2) is 207 Å². The lowest BCUT2D eigenvalue weighted by Gasteiger charge is -2.35. The summed E-state index contributed by atoms with van der Waals surface area (Å²) in [5, 5.41) is 37.9. The molecule has 3 aliphatic carbocycles. The number of ketones is 4. The van der Waals surface area contributed by atoms with Crippen molar-refractivity contribution in [3.63, 3.8) is 0 Å². The summed E-state index contributed by atoms with van der Waals surface area (Å²) in [7, 11) is 0. The number of amides is 3. The quantitative estimate of drug-likeness (QED) is 0.00977. The molecule has 3 aliphatic heterocycles. The van der Waals surface area contributed by atoms with Crippen molar-refractivity contribution in [3.05, 3.63) is 197 Å². The van der Waals surface area contributed by atoms with Gasteiger partial charge in [-0.3, -0.25) is 81.9 Å². The minimum atomic E-state index is -0.656. The second-order valence-electron chi connectivity index (χ2n) is 34.5. The molecule has 3 saturated heterocycles. The molecule has 0 atom stereocenters. The molecule has 3 saturated carbocycles. The van der Waals surface area contributed by atoms with E-state index in [1.807, 2.05) is 47.5 Å². The minimum Gasteiger partial charge on any atom is -0.388 e. The predicted molar refractivity (Wildman–Crippen MR) is 493 cm³/mol. The van der Waals surface area contributed by atoms with Gasteiger partial charge in [0.15, 0.2) is 23.1 Å². The van der Waals surface area contributed by atoms with E-state index in [2.05, 4.69) is 76.6 Å². The number of fused-ring (bicyclic) bond motifs is 3. The Balaban J connectivity index is 0.000000150. The maximum Gasteiger partial charge on any atom is 0.277 e. The van der Waals surface area contributed by atoms with Gasteiger partial charge in [-0.1, -0.05) is 81.7 Å². The number of aryl methyl sites for hydroxylation is 3. The minimum absolute atomic E-state index is 0.00559. The van der Waals surface area contributed by atoms with Gasteiger partial charge in [0.2, 0.25) is 35.6 Å². The smallest absolute Gasteiger partial charge is 0.277 e. The van der Waals surface area contributed by atoms with Crippen molar-refractivity contribution in [1.82, 2.24) is 89.3 Å². The van der Waals surface area contributed by atoms with Crippen LogP contribution in [0.1, 0.15) is 246 Å². The Kier molecular flexibility index (Phi) is 29.5. The van der Waals surface area contributed by atoms with Crippen molar-refractivity contribution in [1.29, 1.82) is 0 Å². The van der Waals surface area contributed by atoms with Gasteiger partial charge in [-0.15, -0.1) is 0 Å². The number of aliphatic hydroxyl groups is 1. The first-order valence-electron chi connectivity index (χ1n) is 45.1. The molecule has 3 amide bonds. The maximum atomic E-state index is 13.5. The number of pyridine rings is 6. The number of carbonyl (C=O) groups is 7. The van der Waals surface area contributed by atoms with Gasteiger partial charge in [0.05, 0.1) is 52.6 Å². The first-order chi connectivity index (χ1) is 63.4. The Bertz CT molecular complexity index is 6240. The number of likely N-dealkylation sites (tertiary alicyclic amines) is 1. The molecule has 37 heteroatoms. The predicted octanol–water partition coefficient (Wildman–Crippen LogP) is 11.6. The van der Waals surface area contributed by atoms with Crippen molar-refractivity contribution in [2.24, 2.45) is 0 Å². The van der Waals surface area contributed by atoms with Crippen LogP contribution in [0.2, 0.25) is 0 Å². The van der Waals surface area contributed by atoms with Gasteiger partial charge in [0.1, 0.15) is 41.0 Å². The van der Waals surface area contributed by atoms with E-state index in [4.69, 9.17) is 30.5 Å². The van der Waals surface area contributed by atoms with Gasteiger partial charge in [0, 0.05) is 129 Å². The number of benzene rings is 1. The summed E-state index contributed by atoms with van der Waals surface area (Å²) in [4.78, 5) is 185. The summed E-state index contributed by atoms with van der Waals surface area (Å²) in [6, 6.07) is 19.0. The molecule has 10 aromatic heterocycles. The number of unbranched alkanes of at least 4 members (excludes halogenated alkanes) is 3. The largest absolute Gasteiger partial charge is 0.388 e. The average Bonchev–Trinajstić information content (AvgIpc) is 1.69. The third kappa shape index (κ3) is 21.2. The van der Waals surface area contributed by atoms with Crippen LogP contribution >= 0.6 is 0 Å². The highest BCUT2D eigenvalue weighted by atomic mass is 16.5. The van der Waals surface area contributed by atoms with Crippen LogP contribution in [0.5, 0.6) is 0 Å². The standard InChI is InChI=1S/C34H38N6O4.C31H40N8O5.C29H32N10O4/c1-21-28-18-36-34(38-32(28)40(27-5-3-4-6-27)33(44)31(21)22(2)42)37-30-12-11-26(17-35-30)24-13-15-39(16-14-24)19-23-7-9-25(10-8-23)29(43)20-41;1-20-24-18-33-31(35-29(24)39(22-9-6-7-10-22)30(43)28(20)21(2)40)34-25-13-12-23(17-32-25)38-16-15-37(19-27(38)42)14-8-4-3-5-11-26(41)36-44;1-17-22-16-31-28(35-25(22)39(20-5-3-4-6-20)27(42)24(17)18(2)40)34-23-8-7-21(15-30-23)37-9-11-38(12-10-37)29-32-13-19(14-33-29)26(41)36-43/h7-12,17-18,24,27,41H,3-6,13-16,19-20H2,1-2H3,(H,35,36,37,38);12-13,17-18,22,44H,3-11,14-16,19H2,1-2H3,(H,36,41)(H,32,33,34,35);7-8,13-16,20,43H,3-6,9-12H2,1-2H3,(H,36,41)(H,30,31,34,35). The van der Waals surface area contributed by atoms with Crippen molar-refractivity contribution in [3.8, 4) is 0 Å². The Morgan fingerprint density at radius 3 is 1.28 bits per heavy atom. The molecule has 684 valence electrons. The van der Waals surface area contributed by atoms with Crippen molar-refractivity contribution in [2.75, 3.05) is 103 Å². The number of hydrogen-bond acceptors (Lipinski definition) is 31. The fourth-order valence-electron chi connectivity index (χ4n) is 18.9. The monoisotopic (exact) mass is 1780 g/mol. The average molecular weight is 1780 g/mol. The summed E-state index contributed by atoms with van der Waals surface area (Å²) in [6.07, 6.45) is 30.6. The van der Waals surface area contributed by atoms with Crippen LogP contribution < -0.4 is 58.3 Å². The molecular weight excluding hydrogens is 1670 g/mol. The lowest BCUT2D eigenvalue weighted by Crippen LogP contribution is -2.50. The Hall–Kier alpha value is -13.5. The van der Waals surface area contributed by atoms with Crippen LogP contribution in [0, 0.1) is 20.8 Å². The van der Waals surface area contributed by atoms with E-state index in [0.29, 0.717) is 135 Å². The van der Waals surface area contributed by atoms with E-state index in [1.54, 1.807) is 99.5 Å². The van der Waals surface area contributed by atoms with E-state index in [1.165, 1.54) is 38.7 Å². The van der Waals surface area contributed by atoms with Gasteiger partial charge in [-0.2, -0.15) is 15.0 Å². The number of nitrogens with zero attached hydrogens (tertiary/aromatic N) is 19. The number of piperazine rings is 2. The Morgan fingerprint density at radius 1 is 0.427 bits per heavy atom. The number of rotatable bonds is 28. The fourth-order valence-corrected chi connectivity index (χ4v) is 18.9. The third-order valence-corrected chi connectivity index (χ3v) is 25.9. The fraction of sp³-hybridized carbons (Fsp3) is 0.436. The zero-order valence-corrected chi connectivity index (χ0v) is 74.5. The highest BCUT2D eigenvalue weighted by Gasteiger charge is 2.33. The molecular formula is C94H110N24O13. The van der Waals surface area contributed by atoms with E-state index < -0.39 is 12.5 Å². The molecule has 0 radical (unpaired) electrons. The molecule has 8 N–H and O–H groups in total. The second kappa shape index (κ2) is 41.9. The number of anilines is 9. The number of carbonyl (C=O) groups excluding carboxylic acids is 7. The van der Waals surface area contributed by atoms with Gasteiger partial charge in [-0.25, -0.2) is 50.8 Å². The highest BCUT2D eigenvalue weighted by Crippen LogP contribution is 2.38. The number of Topliss-reactive ketones (excluding diaryl/α,β-unsaturated/α-hetero) is 4. The molecule has 13 heterocycles. The van der Waals surface area contributed by atoms with Crippen molar-refractivity contribution in [2.45, 2.75) is 194 Å². The normalized spacial score (nSPS) is 16.0. The molecule has 0 spiro atoms. The number of piperidine rings is 1. The SMILES string of the molecule is CC(=O)c1c(C)c2cnc(Nc3ccc(C4CCN(Cc5ccc(C(=O)CO)cc5)CC4)cn3)nc2n(C2CCCC2)c1=O.CC(=O)c1c(C)c2cnc(Nc3ccc(N4CCN(CCCCCCC(=O)NO)CC4=O)cn3)nc2n(C2CCCC2)c1=O.CC(=O)c1c(C)c2cnc(Nc3ccc(N4CCN(c5ncc(C(=O)NO)cn5)CC4)cn3)nc2n(C2CCCC2)c1=O. The summed E-state index contributed by atoms with van der Waals surface area (Å²) in [5.41, 5.74) is 11.2. The Morgan fingerprint density at radius 2 is 0.870 bits per heavy atom. The first-order valence-corrected chi connectivity index (χ1v) is 45.1. The van der Waals surface area contributed by atoms with Crippen LogP contribution in [0.25, 0.3) is 33.1 Å². The molecule has 0 bridgehead atoms. The molecule has 6 aliphatic rings. The van der Waals surface area contributed by atoms with Gasteiger partial charge in [-0.05, 0) is 189 Å². The van der Waals surface area contributed by atoms with Crippen LogP contribution in [-0.2, 0) is 16.1 Å². The van der Waals surface area contributed by atoms with Gasteiger partial charge >= 0.3 is 0 Å². The molecule has 1 aromatic carbocycles. The molecule has 131 heavy (non-hydrogen) atoms. The maximum absolute atomic E-state index is 13.5. The Labute approximate surface area is 755 Å². The summed E-state index contributed by atoms with van der Waals surface area (Å²) in [6.45, 7) is 17.2.